The third-order valence-corrected chi connectivity index (χ3v) is 6.64. The molecule has 3 aromatic heterocycles. The molecule has 2 fully saturated rings. The van der Waals surface area contributed by atoms with Gasteiger partial charge in [-0.05, 0) is 50.2 Å². The second kappa shape index (κ2) is 7.88. The molecule has 0 unspecified atom stereocenters. The van der Waals surface area contributed by atoms with Crippen molar-refractivity contribution in [2.75, 3.05) is 20.2 Å². The molecule has 5 rings (SSSR count). The first kappa shape index (κ1) is 19.9. The SMILES string of the molecule is CO[C@@H]1C[C@H]2CN(C(=O)c3ocnc3C)C[C@H]2C[C@H]1n1cc(-c2ccc(C)cn2)nn1. The Morgan fingerprint density at radius 1 is 1.13 bits per heavy atom. The molecule has 0 N–H and O–H groups in total. The van der Waals surface area contributed by atoms with Gasteiger partial charge in [0, 0.05) is 26.4 Å². The molecule has 0 spiro atoms. The Balaban J connectivity index is 1.33. The quantitative estimate of drug-likeness (QED) is 0.637. The molecule has 9 nitrogen and oxygen atoms in total. The molecule has 162 valence electrons. The van der Waals surface area contributed by atoms with Crippen molar-refractivity contribution in [3.8, 4) is 11.4 Å². The molecule has 0 bridgehead atoms. The van der Waals surface area contributed by atoms with Gasteiger partial charge in [0.15, 0.2) is 6.39 Å². The minimum Gasteiger partial charge on any atom is -0.438 e. The Labute approximate surface area is 180 Å². The molecule has 4 atom stereocenters. The zero-order chi connectivity index (χ0) is 21.5. The van der Waals surface area contributed by atoms with Crippen LogP contribution in [-0.2, 0) is 4.74 Å². The molecule has 1 aliphatic heterocycles. The normalized spacial score (nSPS) is 25.6. The van der Waals surface area contributed by atoms with Crippen LogP contribution < -0.4 is 0 Å². The highest BCUT2D eigenvalue weighted by atomic mass is 16.5. The summed E-state index contributed by atoms with van der Waals surface area (Å²) in [5, 5.41) is 8.74. The monoisotopic (exact) mass is 422 g/mol. The Morgan fingerprint density at radius 3 is 2.61 bits per heavy atom. The highest BCUT2D eigenvalue weighted by Gasteiger charge is 2.45. The molecule has 1 saturated carbocycles. The second-order valence-corrected chi connectivity index (χ2v) is 8.61. The minimum atomic E-state index is -0.0802. The summed E-state index contributed by atoms with van der Waals surface area (Å²) in [7, 11) is 1.74. The van der Waals surface area contributed by atoms with E-state index >= 15 is 0 Å². The summed E-state index contributed by atoms with van der Waals surface area (Å²) in [5.74, 6) is 1.04. The van der Waals surface area contributed by atoms with E-state index in [0.717, 1.165) is 29.8 Å². The van der Waals surface area contributed by atoms with E-state index in [2.05, 4.69) is 20.3 Å². The van der Waals surface area contributed by atoms with Gasteiger partial charge in [-0.2, -0.15) is 0 Å². The molecule has 9 heteroatoms. The van der Waals surface area contributed by atoms with Crippen molar-refractivity contribution in [3.05, 3.63) is 47.9 Å². The molecule has 31 heavy (non-hydrogen) atoms. The number of aromatic nitrogens is 5. The minimum absolute atomic E-state index is 0.0174. The van der Waals surface area contributed by atoms with E-state index in [0.29, 0.717) is 36.4 Å². The fourth-order valence-corrected chi connectivity index (χ4v) is 4.91. The lowest BCUT2D eigenvalue weighted by atomic mass is 9.77. The Kier molecular flexibility index (Phi) is 5.05. The van der Waals surface area contributed by atoms with E-state index in [-0.39, 0.29) is 18.1 Å². The van der Waals surface area contributed by atoms with Crippen molar-refractivity contribution >= 4 is 5.91 Å². The smallest absolute Gasteiger partial charge is 0.291 e. The van der Waals surface area contributed by atoms with Crippen molar-refractivity contribution in [1.29, 1.82) is 0 Å². The number of hydrogen-bond donors (Lipinski definition) is 0. The van der Waals surface area contributed by atoms with Crippen LogP contribution in [0, 0.1) is 25.7 Å². The maximum atomic E-state index is 12.9. The van der Waals surface area contributed by atoms with Crippen molar-refractivity contribution in [3.63, 3.8) is 0 Å². The van der Waals surface area contributed by atoms with Gasteiger partial charge in [0.1, 0.15) is 5.69 Å². The predicted molar refractivity (Wildman–Crippen MR) is 111 cm³/mol. The molecule has 4 heterocycles. The van der Waals surface area contributed by atoms with Gasteiger partial charge in [0.25, 0.3) is 5.91 Å². The Morgan fingerprint density at radius 2 is 1.94 bits per heavy atom. The van der Waals surface area contributed by atoms with E-state index in [1.54, 1.807) is 14.0 Å². The Bertz CT molecular complexity index is 1080. The van der Waals surface area contributed by atoms with Crippen LogP contribution in [-0.4, -0.2) is 62.1 Å². The highest BCUT2D eigenvalue weighted by molar-refractivity contribution is 5.92. The molecule has 1 amide bonds. The first-order valence-electron chi connectivity index (χ1n) is 10.6. The molecule has 0 radical (unpaired) electrons. The summed E-state index contributed by atoms with van der Waals surface area (Å²) in [6.45, 7) is 5.22. The van der Waals surface area contributed by atoms with Gasteiger partial charge in [0.2, 0.25) is 5.76 Å². The summed E-state index contributed by atoms with van der Waals surface area (Å²) >= 11 is 0. The topological polar surface area (TPSA) is 99.2 Å². The molecule has 0 aromatic carbocycles. The van der Waals surface area contributed by atoms with Gasteiger partial charge in [-0.3, -0.25) is 9.78 Å². The van der Waals surface area contributed by atoms with Gasteiger partial charge in [0.05, 0.1) is 29.7 Å². The summed E-state index contributed by atoms with van der Waals surface area (Å²) < 4.78 is 13.1. The van der Waals surface area contributed by atoms with Crippen LogP contribution in [0.5, 0.6) is 0 Å². The van der Waals surface area contributed by atoms with Gasteiger partial charge in [-0.1, -0.05) is 11.3 Å². The second-order valence-electron chi connectivity index (χ2n) is 8.61. The molecule has 1 saturated heterocycles. The van der Waals surface area contributed by atoms with Gasteiger partial charge in [-0.15, -0.1) is 5.10 Å². The van der Waals surface area contributed by atoms with E-state index in [9.17, 15) is 4.79 Å². The van der Waals surface area contributed by atoms with Crippen LogP contribution in [0.15, 0.2) is 35.3 Å². The zero-order valence-corrected chi connectivity index (χ0v) is 17.9. The van der Waals surface area contributed by atoms with E-state index in [4.69, 9.17) is 9.15 Å². The number of methoxy groups -OCH3 is 1. The number of hydrogen-bond acceptors (Lipinski definition) is 7. The third kappa shape index (κ3) is 3.63. The van der Waals surface area contributed by atoms with Crippen LogP contribution in [0.1, 0.15) is 40.7 Å². The summed E-state index contributed by atoms with van der Waals surface area (Å²) in [6, 6.07) is 4.05. The average Bonchev–Trinajstić information content (AvgIpc) is 3.51. The maximum absolute atomic E-state index is 12.9. The lowest BCUT2D eigenvalue weighted by molar-refractivity contribution is -0.00545. The number of ether oxygens (including phenoxy) is 1. The lowest BCUT2D eigenvalue weighted by Gasteiger charge is -2.36. The fourth-order valence-electron chi connectivity index (χ4n) is 4.91. The first-order chi connectivity index (χ1) is 15.0. The van der Waals surface area contributed by atoms with Gasteiger partial charge in [-0.25, -0.2) is 9.67 Å². The van der Waals surface area contributed by atoms with E-state index < -0.39 is 0 Å². The number of oxazole rings is 1. The van der Waals surface area contributed by atoms with Crippen LogP contribution in [0.3, 0.4) is 0 Å². The molecular formula is C22H26N6O3. The van der Waals surface area contributed by atoms with Crippen molar-refractivity contribution in [2.45, 2.75) is 38.8 Å². The summed E-state index contributed by atoms with van der Waals surface area (Å²) in [4.78, 5) is 23.3. The zero-order valence-electron chi connectivity index (χ0n) is 17.9. The third-order valence-electron chi connectivity index (χ3n) is 6.64. The van der Waals surface area contributed by atoms with E-state index in [1.165, 1.54) is 6.39 Å². The van der Waals surface area contributed by atoms with Crippen LogP contribution >= 0.6 is 0 Å². The predicted octanol–water partition coefficient (Wildman–Crippen LogP) is 2.68. The summed E-state index contributed by atoms with van der Waals surface area (Å²) in [5.41, 5.74) is 3.29. The van der Waals surface area contributed by atoms with E-state index in [1.807, 2.05) is 41.0 Å². The van der Waals surface area contributed by atoms with Crippen molar-refractivity contribution < 1.29 is 13.9 Å². The number of fused-ring (bicyclic) bond motifs is 1. The number of nitrogens with zero attached hydrogens (tertiary/aromatic N) is 6. The standard InChI is InChI=1S/C22H26N6O3/c1-13-4-5-17(23-8-13)18-11-28(26-25-18)19-6-15-9-27(10-16(15)7-20(19)30-3)22(29)21-14(2)24-12-31-21/h4-5,8,11-12,15-16,19-20H,6-7,9-10H2,1-3H3/t15-,16+,19-,20-/m1/s1. The maximum Gasteiger partial charge on any atom is 0.291 e. The number of rotatable bonds is 4. The van der Waals surface area contributed by atoms with Gasteiger partial charge >= 0.3 is 0 Å². The summed E-state index contributed by atoms with van der Waals surface area (Å²) in [6.07, 6.45) is 6.88. The van der Waals surface area contributed by atoms with Gasteiger partial charge < -0.3 is 14.1 Å². The highest BCUT2D eigenvalue weighted by Crippen LogP contribution is 2.42. The van der Waals surface area contributed by atoms with Crippen LogP contribution in [0.4, 0.5) is 0 Å². The lowest BCUT2D eigenvalue weighted by Crippen LogP contribution is -2.37. The molecule has 1 aliphatic carbocycles. The number of carbonyl (C=O) groups excluding carboxylic acids is 1. The number of amides is 1. The first-order valence-corrected chi connectivity index (χ1v) is 10.6. The average molecular weight is 422 g/mol. The molecule has 2 aliphatic rings. The fraction of sp³-hybridized carbons (Fsp3) is 0.500. The number of pyridine rings is 1. The van der Waals surface area contributed by atoms with Crippen LogP contribution in [0.2, 0.25) is 0 Å². The van der Waals surface area contributed by atoms with Crippen molar-refractivity contribution in [1.82, 2.24) is 29.9 Å². The van der Waals surface area contributed by atoms with Crippen LogP contribution in [0.25, 0.3) is 11.4 Å². The molecule has 3 aromatic rings. The number of likely N-dealkylation sites (tertiary alicyclic amines) is 1. The number of carbonyl (C=O) groups is 1. The largest absolute Gasteiger partial charge is 0.438 e. The molecular weight excluding hydrogens is 396 g/mol. The van der Waals surface area contributed by atoms with Crippen molar-refractivity contribution in [2.24, 2.45) is 11.8 Å². The number of aryl methyl sites for hydroxylation is 2. The Hall–Kier alpha value is -3.07.